The first-order valence-corrected chi connectivity index (χ1v) is 12.1. The molecular weight excluding hydrogens is 440 g/mol. The lowest BCUT2D eigenvalue weighted by atomic mass is 9.83. The van der Waals surface area contributed by atoms with Crippen LogP contribution in [0.5, 0.6) is 11.5 Å². The molecule has 0 saturated heterocycles. The average molecular weight is 463 g/mol. The van der Waals surface area contributed by atoms with Crippen LogP contribution in [0.3, 0.4) is 0 Å². The molecule has 0 unspecified atom stereocenters. The molecule has 2 heteroatoms. The van der Waals surface area contributed by atoms with Crippen LogP contribution < -0.4 is 0 Å². The van der Waals surface area contributed by atoms with Crippen molar-refractivity contribution in [3.8, 4) is 33.8 Å². The van der Waals surface area contributed by atoms with E-state index < -0.39 is 0 Å². The number of fused-ring (bicyclic) bond motifs is 4. The van der Waals surface area contributed by atoms with Gasteiger partial charge in [0.1, 0.15) is 11.5 Å². The maximum Gasteiger partial charge on any atom is 0.124 e. The maximum absolute atomic E-state index is 11.2. The number of aromatic hydroxyl groups is 2. The lowest BCUT2D eigenvalue weighted by molar-refractivity contribution is 0.477. The molecule has 0 spiro atoms. The van der Waals surface area contributed by atoms with Crippen molar-refractivity contribution in [2.75, 3.05) is 0 Å². The van der Waals surface area contributed by atoms with Crippen molar-refractivity contribution >= 4 is 43.1 Å². The standard InChI is InChI=1S/C34H22O2/c35-29-19-17-21-9-1-3-11-23(21)33(29)31-25-13-5-7-15-27(25)32(28-16-8-6-14-26(28)31)34-24-12-4-2-10-22(24)18-20-30(34)36/h1-20,35-36H. The van der Waals surface area contributed by atoms with Crippen LogP contribution in [-0.2, 0) is 0 Å². The number of rotatable bonds is 2. The van der Waals surface area contributed by atoms with Crippen LogP contribution in [0.25, 0.3) is 65.3 Å². The van der Waals surface area contributed by atoms with E-state index in [1.54, 1.807) is 12.1 Å². The Morgan fingerprint density at radius 2 is 0.583 bits per heavy atom. The molecule has 0 heterocycles. The Morgan fingerprint density at radius 3 is 0.944 bits per heavy atom. The monoisotopic (exact) mass is 462 g/mol. The Hall–Kier alpha value is -4.82. The van der Waals surface area contributed by atoms with Gasteiger partial charge in [-0.25, -0.2) is 0 Å². The van der Waals surface area contributed by atoms with Crippen LogP contribution in [0.2, 0.25) is 0 Å². The molecule has 0 aliphatic carbocycles. The van der Waals surface area contributed by atoms with E-state index in [-0.39, 0.29) is 11.5 Å². The normalized spacial score (nSPS) is 11.6. The van der Waals surface area contributed by atoms with Crippen molar-refractivity contribution < 1.29 is 10.2 Å². The zero-order chi connectivity index (χ0) is 24.2. The largest absolute Gasteiger partial charge is 0.507 e. The van der Waals surface area contributed by atoms with E-state index >= 15 is 0 Å². The Kier molecular flexibility index (Phi) is 4.49. The second kappa shape index (κ2) is 7.86. The topological polar surface area (TPSA) is 40.5 Å². The number of hydrogen-bond acceptors (Lipinski definition) is 2. The van der Waals surface area contributed by atoms with Gasteiger partial charge in [-0.15, -0.1) is 0 Å². The van der Waals surface area contributed by atoms with Crippen LogP contribution in [0.15, 0.2) is 121 Å². The summed E-state index contributed by atoms with van der Waals surface area (Å²) >= 11 is 0. The number of hydrogen-bond donors (Lipinski definition) is 2. The molecule has 0 bridgehead atoms. The first-order valence-electron chi connectivity index (χ1n) is 12.1. The Labute approximate surface area is 208 Å². The van der Waals surface area contributed by atoms with Gasteiger partial charge in [0, 0.05) is 22.3 Å². The second-order valence-electron chi connectivity index (χ2n) is 9.20. The van der Waals surface area contributed by atoms with Gasteiger partial charge in [0.25, 0.3) is 0 Å². The summed E-state index contributed by atoms with van der Waals surface area (Å²) in [5, 5.41) is 30.7. The van der Waals surface area contributed by atoms with Gasteiger partial charge in [-0.2, -0.15) is 0 Å². The zero-order valence-electron chi connectivity index (χ0n) is 19.4. The number of phenolic OH excluding ortho intramolecular Hbond substituents is 2. The minimum atomic E-state index is 0.254. The summed E-state index contributed by atoms with van der Waals surface area (Å²) in [7, 11) is 0. The van der Waals surface area contributed by atoms with Crippen LogP contribution in [0, 0.1) is 0 Å². The molecule has 7 rings (SSSR count). The van der Waals surface area contributed by atoms with Crippen LogP contribution in [0.4, 0.5) is 0 Å². The van der Waals surface area contributed by atoms with Gasteiger partial charge in [-0.05, 0) is 55.2 Å². The lowest BCUT2D eigenvalue weighted by Gasteiger charge is -2.20. The molecule has 7 aromatic carbocycles. The zero-order valence-corrected chi connectivity index (χ0v) is 19.4. The molecule has 0 fully saturated rings. The van der Waals surface area contributed by atoms with Crippen molar-refractivity contribution in [1.82, 2.24) is 0 Å². The molecule has 36 heavy (non-hydrogen) atoms. The predicted octanol–water partition coefficient (Wildman–Crippen LogP) is 9.04. The molecule has 0 aromatic heterocycles. The Bertz CT molecular complexity index is 1770. The van der Waals surface area contributed by atoms with Crippen molar-refractivity contribution in [3.05, 3.63) is 121 Å². The minimum absolute atomic E-state index is 0.254. The van der Waals surface area contributed by atoms with Crippen molar-refractivity contribution in [2.45, 2.75) is 0 Å². The van der Waals surface area contributed by atoms with Crippen LogP contribution >= 0.6 is 0 Å². The third kappa shape index (κ3) is 2.91. The summed E-state index contributed by atoms with van der Waals surface area (Å²) in [6.45, 7) is 0. The van der Waals surface area contributed by atoms with E-state index in [1.807, 2.05) is 60.7 Å². The molecule has 0 aliphatic rings. The average Bonchev–Trinajstić information content (AvgIpc) is 2.93. The Balaban J connectivity index is 1.74. The first-order chi connectivity index (χ1) is 17.7. The second-order valence-corrected chi connectivity index (χ2v) is 9.20. The fourth-order valence-corrected chi connectivity index (χ4v) is 5.71. The summed E-state index contributed by atoms with van der Waals surface area (Å²) in [5.74, 6) is 0.509. The lowest BCUT2D eigenvalue weighted by Crippen LogP contribution is -1.93. The molecule has 0 atom stereocenters. The summed E-state index contributed by atoms with van der Waals surface area (Å²) in [5.41, 5.74) is 3.65. The highest BCUT2D eigenvalue weighted by Crippen LogP contribution is 2.50. The van der Waals surface area contributed by atoms with E-state index in [2.05, 4.69) is 48.5 Å². The van der Waals surface area contributed by atoms with Gasteiger partial charge in [-0.1, -0.05) is 109 Å². The summed E-state index contributed by atoms with van der Waals surface area (Å²) < 4.78 is 0. The van der Waals surface area contributed by atoms with Crippen LogP contribution in [0.1, 0.15) is 0 Å². The third-order valence-electron chi connectivity index (χ3n) is 7.25. The number of phenols is 2. The molecule has 7 aromatic rings. The van der Waals surface area contributed by atoms with Gasteiger partial charge < -0.3 is 10.2 Å². The van der Waals surface area contributed by atoms with Crippen molar-refractivity contribution in [1.29, 1.82) is 0 Å². The number of benzene rings is 7. The quantitative estimate of drug-likeness (QED) is 0.252. The predicted molar refractivity (Wildman–Crippen MR) is 151 cm³/mol. The minimum Gasteiger partial charge on any atom is -0.507 e. The molecule has 2 nitrogen and oxygen atoms in total. The van der Waals surface area contributed by atoms with Gasteiger partial charge >= 0.3 is 0 Å². The summed E-state index contributed by atoms with van der Waals surface area (Å²) in [4.78, 5) is 0. The Morgan fingerprint density at radius 1 is 0.278 bits per heavy atom. The fourth-order valence-electron chi connectivity index (χ4n) is 5.71. The molecule has 0 aliphatic heterocycles. The van der Waals surface area contributed by atoms with Crippen molar-refractivity contribution in [2.24, 2.45) is 0 Å². The molecule has 0 saturated carbocycles. The summed E-state index contributed by atoms with van der Waals surface area (Å²) in [6, 6.07) is 40.4. The van der Waals surface area contributed by atoms with Gasteiger partial charge in [0.2, 0.25) is 0 Å². The maximum atomic E-state index is 11.2. The highest BCUT2D eigenvalue weighted by Gasteiger charge is 2.22. The summed E-state index contributed by atoms with van der Waals surface area (Å²) in [6.07, 6.45) is 0. The SMILES string of the molecule is Oc1ccc2ccccc2c1-c1c2ccccc2c(-c2c(O)ccc3ccccc23)c2ccccc12. The third-order valence-corrected chi connectivity index (χ3v) is 7.25. The molecular formula is C34H22O2. The molecule has 0 amide bonds. The van der Waals surface area contributed by atoms with Gasteiger partial charge in [0.05, 0.1) is 0 Å². The van der Waals surface area contributed by atoms with Gasteiger partial charge in [0.15, 0.2) is 0 Å². The van der Waals surface area contributed by atoms with E-state index in [1.165, 1.54) is 0 Å². The van der Waals surface area contributed by atoms with E-state index in [0.29, 0.717) is 0 Å². The van der Waals surface area contributed by atoms with E-state index in [9.17, 15) is 10.2 Å². The fraction of sp³-hybridized carbons (Fsp3) is 0. The molecule has 0 radical (unpaired) electrons. The highest BCUT2D eigenvalue weighted by molar-refractivity contribution is 6.26. The van der Waals surface area contributed by atoms with Gasteiger partial charge in [-0.3, -0.25) is 0 Å². The first kappa shape index (κ1) is 20.5. The highest BCUT2D eigenvalue weighted by atomic mass is 16.3. The molecule has 170 valence electrons. The smallest absolute Gasteiger partial charge is 0.124 e. The van der Waals surface area contributed by atoms with Crippen molar-refractivity contribution in [3.63, 3.8) is 0 Å². The van der Waals surface area contributed by atoms with E-state index in [4.69, 9.17) is 0 Å². The van der Waals surface area contributed by atoms with Crippen LogP contribution in [-0.4, -0.2) is 10.2 Å². The molecule has 2 N–H and O–H groups in total. The van der Waals surface area contributed by atoms with E-state index in [0.717, 1.165) is 65.3 Å².